The number of aromatic nitrogens is 2. The molecule has 0 aliphatic rings. The van der Waals surface area contributed by atoms with Crippen LogP contribution in [0.1, 0.15) is 20.3 Å². The van der Waals surface area contributed by atoms with Crippen LogP contribution in [0, 0.1) is 5.92 Å². The van der Waals surface area contributed by atoms with Crippen molar-refractivity contribution in [2.75, 3.05) is 6.61 Å². The molecule has 0 aromatic carbocycles. The number of aliphatic hydroxyl groups excluding tert-OH is 1. The lowest BCUT2D eigenvalue weighted by atomic mass is 10.1. The summed E-state index contributed by atoms with van der Waals surface area (Å²) in [6, 6.07) is 1.82. The van der Waals surface area contributed by atoms with Gasteiger partial charge in [-0.1, -0.05) is 6.92 Å². The first-order chi connectivity index (χ1) is 7.63. The van der Waals surface area contributed by atoms with Gasteiger partial charge in [-0.05, 0) is 18.9 Å². The third-order valence-corrected chi connectivity index (χ3v) is 2.66. The molecule has 2 unspecified atom stereocenters. The van der Waals surface area contributed by atoms with E-state index >= 15 is 0 Å². The molecule has 0 spiro atoms. The van der Waals surface area contributed by atoms with Crippen molar-refractivity contribution in [3.05, 3.63) is 18.5 Å². The first-order valence-electron chi connectivity index (χ1n) is 5.51. The highest BCUT2D eigenvalue weighted by Crippen LogP contribution is 2.01. The van der Waals surface area contributed by atoms with Crippen LogP contribution in [-0.4, -0.2) is 33.4 Å². The van der Waals surface area contributed by atoms with Crippen LogP contribution in [0.3, 0.4) is 0 Å². The Labute approximate surface area is 95.5 Å². The molecule has 0 saturated heterocycles. The van der Waals surface area contributed by atoms with Crippen LogP contribution in [0.5, 0.6) is 0 Å². The average molecular weight is 225 g/mol. The van der Waals surface area contributed by atoms with Crippen molar-refractivity contribution in [2.24, 2.45) is 5.92 Å². The Balaban J connectivity index is 2.25. The van der Waals surface area contributed by atoms with E-state index in [-0.39, 0.29) is 24.5 Å². The zero-order valence-corrected chi connectivity index (χ0v) is 9.76. The van der Waals surface area contributed by atoms with Gasteiger partial charge < -0.3 is 10.4 Å². The number of amides is 1. The Kier molecular flexibility index (Phi) is 4.98. The third-order valence-electron chi connectivity index (χ3n) is 2.66. The average Bonchev–Trinajstić information content (AvgIpc) is 2.78. The molecule has 1 amide bonds. The molecule has 0 fully saturated rings. The summed E-state index contributed by atoms with van der Waals surface area (Å²) in [4.78, 5) is 11.5. The lowest BCUT2D eigenvalue weighted by Gasteiger charge is -2.19. The summed E-state index contributed by atoms with van der Waals surface area (Å²) in [6.45, 7) is 4.46. The van der Waals surface area contributed by atoms with Crippen molar-refractivity contribution in [2.45, 2.75) is 32.9 Å². The van der Waals surface area contributed by atoms with Crippen molar-refractivity contribution < 1.29 is 9.90 Å². The summed E-state index contributed by atoms with van der Waals surface area (Å²) >= 11 is 0. The van der Waals surface area contributed by atoms with Gasteiger partial charge in [0.1, 0.15) is 0 Å². The highest BCUT2D eigenvalue weighted by Gasteiger charge is 2.13. The van der Waals surface area contributed by atoms with E-state index in [4.69, 9.17) is 5.11 Å². The number of aryl methyl sites for hydroxylation is 1. The van der Waals surface area contributed by atoms with Crippen LogP contribution in [0.2, 0.25) is 0 Å². The van der Waals surface area contributed by atoms with Crippen molar-refractivity contribution in [3.8, 4) is 0 Å². The zero-order valence-electron chi connectivity index (χ0n) is 9.76. The van der Waals surface area contributed by atoms with Gasteiger partial charge in [-0.15, -0.1) is 0 Å². The molecular weight excluding hydrogens is 206 g/mol. The number of nitrogens with zero attached hydrogens (tertiary/aromatic N) is 2. The topological polar surface area (TPSA) is 67.2 Å². The maximum Gasteiger partial charge on any atom is 0.222 e. The number of hydrogen-bond donors (Lipinski definition) is 2. The molecule has 5 nitrogen and oxygen atoms in total. The molecule has 1 heterocycles. The highest BCUT2D eigenvalue weighted by molar-refractivity contribution is 5.76. The molecule has 1 rings (SSSR count). The maximum absolute atomic E-state index is 11.5. The zero-order chi connectivity index (χ0) is 12.0. The molecule has 16 heavy (non-hydrogen) atoms. The Bertz CT molecular complexity index is 311. The second kappa shape index (κ2) is 6.27. The summed E-state index contributed by atoms with van der Waals surface area (Å²) in [6.07, 6.45) is 3.92. The van der Waals surface area contributed by atoms with E-state index in [1.165, 1.54) is 0 Å². The van der Waals surface area contributed by atoms with E-state index in [2.05, 4.69) is 10.4 Å². The molecule has 1 aromatic heterocycles. The molecule has 5 heteroatoms. The van der Waals surface area contributed by atoms with Gasteiger partial charge in [-0.2, -0.15) is 5.10 Å². The van der Waals surface area contributed by atoms with E-state index in [0.29, 0.717) is 13.0 Å². The highest BCUT2D eigenvalue weighted by atomic mass is 16.3. The smallest absolute Gasteiger partial charge is 0.222 e. The Hall–Kier alpha value is -1.36. The van der Waals surface area contributed by atoms with Crippen molar-refractivity contribution in [1.82, 2.24) is 15.1 Å². The summed E-state index contributed by atoms with van der Waals surface area (Å²) < 4.78 is 1.72. The minimum Gasteiger partial charge on any atom is -0.396 e. The molecule has 0 saturated carbocycles. The molecule has 0 aliphatic heterocycles. The standard InChI is InChI=1S/C11H19N3O2/c1-9(8-15)10(2)13-11(16)4-7-14-6-3-5-12-14/h3,5-6,9-10,15H,4,7-8H2,1-2H3,(H,13,16). The molecular formula is C11H19N3O2. The molecule has 0 aliphatic carbocycles. The quantitative estimate of drug-likeness (QED) is 0.736. The van der Waals surface area contributed by atoms with Crippen LogP contribution in [0.25, 0.3) is 0 Å². The number of aliphatic hydroxyl groups is 1. The van der Waals surface area contributed by atoms with Crippen molar-refractivity contribution in [1.29, 1.82) is 0 Å². The lowest BCUT2D eigenvalue weighted by molar-refractivity contribution is -0.122. The fraction of sp³-hybridized carbons (Fsp3) is 0.636. The molecule has 2 N–H and O–H groups in total. The Morgan fingerprint density at radius 1 is 1.56 bits per heavy atom. The Morgan fingerprint density at radius 2 is 2.31 bits per heavy atom. The van der Waals surface area contributed by atoms with E-state index in [1.54, 1.807) is 10.9 Å². The second-order valence-electron chi connectivity index (χ2n) is 4.04. The van der Waals surface area contributed by atoms with E-state index < -0.39 is 0 Å². The van der Waals surface area contributed by atoms with Gasteiger partial charge in [0, 0.05) is 38.0 Å². The van der Waals surface area contributed by atoms with E-state index in [1.807, 2.05) is 26.1 Å². The SMILES string of the molecule is CC(CO)C(C)NC(=O)CCn1cccn1. The third kappa shape index (κ3) is 4.02. The van der Waals surface area contributed by atoms with Crippen LogP contribution < -0.4 is 5.32 Å². The van der Waals surface area contributed by atoms with Crippen molar-refractivity contribution >= 4 is 5.91 Å². The van der Waals surface area contributed by atoms with Gasteiger partial charge >= 0.3 is 0 Å². The van der Waals surface area contributed by atoms with Gasteiger partial charge in [-0.3, -0.25) is 9.48 Å². The van der Waals surface area contributed by atoms with Crippen LogP contribution >= 0.6 is 0 Å². The van der Waals surface area contributed by atoms with E-state index in [9.17, 15) is 4.79 Å². The summed E-state index contributed by atoms with van der Waals surface area (Å²) in [5.74, 6) is 0.0666. The first kappa shape index (κ1) is 12.7. The van der Waals surface area contributed by atoms with Gasteiger partial charge in [0.25, 0.3) is 0 Å². The predicted octanol–water partition coefficient (Wildman–Crippen LogP) is 0.406. The largest absolute Gasteiger partial charge is 0.396 e. The lowest BCUT2D eigenvalue weighted by Crippen LogP contribution is -2.38. The molecule has 2 atom stereocenters. The molecule has 1 aromatic rings. The van der Waals surface area contributed by atoms with Gasteiger partial charge in [-0.25, -0.2) is 0 Å². The predicted molar refractivity (Wildman–Crippen MR) is 60.7 cm³/mol. The first-order valence-corrected chi connectivity index (χ1v) is 5.51. The van der Waals surface area contributed by atoms with Gasteiger partial charge in [0.2, 0.25) is 5.91 Å². The molecule has 0 bridgehead atoms. The molecule has 0 radical (unpaired) electrons. The number of carbonyl (C=O) groups is 1. The fourth-order valence-corrected chi connectivity index (χ4v) is 1.28. The summed E-state index contributed by atoms with van der Waals surface area (Å²) in [7, 11) is 0. The summed E-state index contributed by atoms with van der Waals surface area (Å²) in [5, 5.41) is 15.8. The number of hydrogen-bond acceptors (Lipinski definition) is 3. The summed E-state index contributed by atoms with van der Waals surface area (Å²) in [5.41, 5.74) is 0. The fourth-order valence-electron chi connectivity index (χ4n) is 1.28. The van der Waals surface area contributed by atoms with Crippen LogP contribution in [-0.2, 0) is 11.3 Å². The minimum atomic E-state index is -0.0108. The number of rotatable bonds is 6. The Morgan fingerprint density at radius 3 is 2.88 bits per heavy atom. The number of nitrogens with one attached hydrogen (secondary N) is 1. The van der Waals surface area contributed by atoms with Crippen LogP contribution in [0.15, 0.2) is 18.5 Å². The normalized spacial score (nSPS) is 14.4. The van der Waals surface area contributed by atoms with Crippen molar-refractivity contribution in [3.63, 3.8) is 0 Å². The van der Waals surface area contributed by atoms with Gasteiger partial charge in [0.05, 0.1) is 0 Å². The van der Waals surface area contributed by atoms with Gasteiger partial charge in [0.15, 0.2) is 0 Å². The monoisotopic (exact) mass is 225 g/mol. The number of carbonyl (C=O) groups excluding carboxylic acids is 1. The van der Waals surface area contributed by atoms with Crippen LogP contribution in [0.4, 0.5) is 0 Å². The molecule has 90 valence electrons. The second-order valence-corrected chi connectivity index (χ2v) is 4.04. The minimum absolute atomic E-state index is 0.00452. The maximum atomic E-state index is 11.5. The van der Waals surface area contributed by atoms with E-state index in [0.717, 1.165) is 0 Å².